The molecule has 9 nitrogen and oxygen atoms in total. The van der Waals surface area contributed by atoms with Crippen molar-refractivity contribution in [1.29, 1.82) is 0 Å². The molecule has 13 heteroatoms. The summed E-state index contributed by atoms with van der Waals surface area (Å²) in [4.78, 5) is 35.2. The summed E-state index contributed by atoms with van der Waals surface area (Å²) in [6.45, 7) is 3.74. The lowest BCUT2D eigenvalue weighted by Crippen LogP contribution is -2.31. The molecule has 220 valence electrons. The Morgan fingerprint density at radius 2 is 1.81 bits per heavy atom. The molecular weight excluding hydrogens is 581 g/mol. The van der Waals surface area contributed by atoms with Gasteiger partial charge in [-0.05, 0) is 60.9 Å². The van der Waals surface area contributed by atoms with Crippen LogP contribution in [0.1, 0.15) is 25.0 Å². The van der Waals surface area contributed by atoms with E-state index in [-0.39, 0.29) is 17.4 Å². The second kappa shape index (κ2) is 12.5. The Balaban J connectivity index is 1.23. The van der Waals surface area contributed by atoms with Crippen LogP contribution in [0.2, 0.25) is 0 Å². The van der Waals surface area contributed by atoms with Gasteiger partial charge in [0.2, 0.25) is 5.91 Å². The minimum absolute atomic E-state index is 0.127. The molecule has 0 bridgehead atoms. The molecule has 0 radical (unpaired) electrons. The van der Waals surface area contributed by atoms with Gasteiger partial charge in [-0.25, -0.2) is 14.5 Å². The van der Waals surface area contributed by atoms with Gasteiger partial charge >= 0.3 is 12.4 Å². The minimum Gasteiger partial charge on any atom is -0.406 e. The molecule has 0 aliphatic carbocycles. The first-order valence-electron chi connectivity index (χ1n) is 13.1. The van der Waals surface area contributed by atoms with Gasteiger partial charge in [-0.3, -0.25) is 9.69 Å². The van der Waals surface area contributed by atoms with Gasteiger partial charge in [-0.1, -0.05) is 61.2 Å². The van der Waals surface area contributed by atoms with Gasteiger partial charge in [0.15, 0.2) is 11.0 Å². The van der Waals surface area contributed by atoms with E-state index < -0.39 is 12.4 Å². The number of para-hydroxylation sites is 1. The number of anilines is 1. The topological polar surface area (TPSA) is 102 Å². The van der Waals surface area contributed by atoms with Crippen molar-refractivity contribution in [2.45, 2.75) is 26.6 Å². The van der Waals surface area contributed by atoms with E-state index in [0.717, 1.165) is 28.8 Å². The van der Waals surface area contributed by atoms with Gasteiger partial charge in [0.1, 0.15) is 12.1 Å². The molecule has 1 saturated heterocycles. The van der Waals surface area contributed by atoms with Gasteiger partial charge in [0.25, 0.3) is 0 Å². The Morgan fingerprint density at radius 3 is 2.51 bits per heavy atom. The summed E-state index contributed by atoms with van der Waals surface area (Å²) >= 11 is 1.22. The number of allylic oxidation sites excluding steroid dienone is 1. The van der Waals surface area contributed by atoms with Gasteiger partial charge < -0.3 is 10.1 Å². The summed E-state index contributed by atoms with van der Waals surface area (Å²) in [5.41, 5.74) is 4.31. The maximum atomic E-state index is 12.7. The van der Waals surface area contributed by atoms with Gasteiger partial charge in [0.05, 0.1) is 17.1 Å². The van der Waals surface area contributed by atoms with Crippen LogP contribution in [0, 0.1) is 0 Å². The molecule has 43 heavy (non-hydrogen) atoms. The van der Waals surface area contributed by atoms with Crippen LogP contribution in [0.25, 0.3) is 23.2 Å². The number of aliphatic imine (C=N–C) groups is 1. The van der Waals surface area contributed by atoms with Gasteiger partial charge in [-0.15, -0.1) is 18.3 Å². The highest BCUT2D eigenvalue weighted by Gasteiger charge is 2.32. The van der Waals surface area contributed by atoms with E-state index in [4.69, 9.17) is 0 Å². The zero-order valence-corrected chi connectivity index (χ0v) is 23.8. The van der Waals surface area contributed by atoms with Crippen molar-refractivity contribution in [3.8, 4) is 22.8 Å². The molecule has 0 spiro atoms. The number of amides is 3. The van der Waals surface area contributed by atoms with E-state index >= 15 is 0 Å². The van der Waals surface area contributed by atoms with Crippen molar-refractivity contribution < 1.29 is 27.5 Å². The highest BCUT2D eigenvalue weighted by molar-refractivity contribution is 8.15. The molecule has 0 saturated carbocycles. The SMILES string of the molecule is CCc1ccccc1N1C(=O)CSC1=NC(=O)N/C(C)=C/c1ccc(-c2ncn(-c3ccc(OC(F)(F)F)cc3)n2)cc1. The fourth-order valence-corrected chi connectivity index (χ4v) is 5.19. The van der Waals surface area contributed by atoms with Crippen molar-refractivity contribution in [2.75, 3.05) is 10.7 Å². The molecule has 3 aromatic carbocycles. The molecule has 1 aliphatic heterocycles. The van der Waals surface area contributed by atoms with E-state index in [1.807, 2.05) is 55.5 Å². The second-order valence-corrected chi connectivity index (χ2v) is 10.3. The molecule has 3 amide bonds. The first kappa shape index (κ1) is 29.6. The predicted molar refractivity (Wildman–Crippen MR) is 159 cm³/mol. The number of carbonyl (C=O) groups excluding carboxylic acids is 2. The number of hydrogen-bond acceptors (Lipinski definition) is 6. The van der Waals surface area contributed by atoms with Crippen LogP contribution in [0.4, 0.5) is 23.7 Å². The average Bonchev–Trinajstić information content (AvgIpc) is 3.60. The maximum Gasteiger partial charge on any atom is 0.573 e. The largest absolute Gasteiger partial charge is 0.573 e. The number of urea groups is 1. The number of halogens is 3. The van der Waals surface area contributed by atoms with E-state index in [0.29, 0.717) is 22.4 Å². The zero-order valence-electron chi connectivity index (χ0n) is 23.0. The van der Waals surface area contributed by atoms with Crippen LogP contribution in [0.15, 0.2) is 89.8 Å². The highest BCUT2D eigenvalue weighted by atomic mass is 32.2. The molecule has 1 N–H and O–H groups in total. The Hall–Kier alpha value is -4.91. The number of hydrogen-bond donors (Lipinski definition) is 1. The number of aryl methyl sites for hydroxylation is 1. The number of nitrogens with zero attached hydrogens (tertiary/aromatic N) is 5. The Bertz CT molecular complexity index is 1700. The number of amidine groups is 1. The third-order valence-electron chi connectivity index (χ3n) is 6.26. The smallest absolute Gasteiger partial charge is 0.406 e. The molecule has 1 fully saturated rings. The average molecular weight is 607 g/mol. The van der Waals surface area contributed by atoms with E-state index in [1.165, 1.54) is 51.9 Å². The molecule has 0 atom stereocenters. The van der Waals surface area contributed by atoms with Crippen molar-refractivity contribution in [2.24, 2.45) is 4.99 Å². The number of ether oxygens (including phenoxy) is 1. The molecular formula is C30H25F3N6O3S. The van der Waals surface area contributed by atoms with E-state index in [9.17, 15) is 22.8 Å². The number of benzene rings is 3. The fraction of sp³-hybridized carbons (Fsp3) is 0.167. The fourth-order valence-electron chi connectivity index (χ4n) is 4.33. The summed E-state index contributed by atoms with van der Waals surface area (Å²) in [5, 5.41) is 7.47. The lowest BCUT2D eigenvalue weighted by atomic mass is 10.1. The molecule has 2 heterocycles. The maximum absolute atomic E-state index is 12.7. The number of rotatable bonds is 7. The van der Waals surface area contributed by atoms with E-state index in [2.05, 4.69) is 25.1 Å². The van der Waals surface area contributed by atoms with E-state index in [1.54, 1.807) is 13.0 Å². The summed E-state index contributed by atoms with van der Waals surface area (Å²) in [6.07, 6.45) is -0.792. The standard InChI is InChI=1S/C30H25F3N6O3S/c1-3-21-6-4-5-7-25(21)39-26(40)17-43-29(39)36-28(41)35-19(2)16-20-8-10-22(11-9-20)27-34-18-38(37-27)23-12-14-24(15-13-23)42-30(31,32)33/h4-16,18H,3,17H2,1-2H3,(H,35,41)/b19-16+,36-29?. The number of nitrogens with one attached hydrogen (secondary N) is 1. The number of aromatic nitrogens is 3. The van der Waals surface area contributed by atoms with Crippen LogP contribution in [-0.4, -0.2) is 44.0 Å². The number of thioether (sulfide) groups is 1. The van der Waals surface area contributed by atoms with Crippen molar-refractivity contribution in [3.63, 3.8) is 0 Å². The zero-order chi connectivity index (χ0) is 30.6. The molecule has 0 unspecified atom stereocenters. The number of carbonyl (C=O) groups is 2. The molecule has 1 aliphatic rings. The number of alkyl halides is 3. The van der Waals surface area contributed by atoms with Crippen molar-refractivity contribution >= 4 is 40.6 Å². The summed E-state index contributed by atoms with van der Waals surface area (Å²) in [7, 11) is 0. The predicted octanol–water partition coefficient (Wildman–Crippen LogP) is 6.60. The Morgan fingerprint density at radius 1 is 1.09 bits per heavy atom. The Kier molecular flexibility index (Phi) is 8.62. The van der Waals surface area contributed by atoms with Crippen LogP contribution >= 0.6 is 11.8 Å². The van der Waals surface area contributed by atoms with Crippen LogP contribution in [0.5, 0.6) is 5.75 Å². The summed E-state index contributed by atoms with van der Waals surface area (Å²) in [6, 6.07) is 19.5. The third kappa shape index (κ3) is 7.30. The second-order valence-electron chi connectivity index (χ2n) is 9.33. The minimum atomic E-state index is -4.76. The van der Waals surface area contributed by atoms with Crippen LogP contribution in [-0.2, 0) is 11.2 Å². The lowest BCUT2D eigenvalue weighted by molar-refractivity contribution is -0.274. The van der Waals surface area contributed by atoms with Crippen LogP contribution in [0.3, 0.4) is 0 Å². The van der Waals surface area contributed by atoms with Crippen molar-refractivity contribution in [3.05, 3.63) is 95.9 Å². The lowest BCUT2D eigenvalue weighted by Gasteiger charge is -2.19. The van der Waals surface area contributed by atoms with Crippen LogP contribution < -0.4 is 15.0 Å². The quantitative estimate of drug-likeness (QED) is 0.254. The Labute approximate surface area is 249 Å². The molecule has 4 aromatic rings. The van der Waals surface area contributed by atoms with Crippen molar-refractivity contribution in [1.82, 2.24) is 20.1 Å². The summed E-state index contributed by atoms with van der Waals surface area (Å²) in [5.74, 6) is 0.176. The third-order valence-corrected chi connectivity index (χ3v) is 7.18. The first-order chi connectivity index (χ1) is 20.6. The molecule has 1 aromatic heterocycles. The first-order valence-corrected chi connectivity index (χ1v) is 14.1. The van der Waals surface area contributed by atoms with Gasteiger partial charge in [-0.2, -0.15) is 4.99 Å². The normalized spacial score (nSPS) is 14.8. The summed E-state index contributed by atoms with van der Waals surface area (Å²) < 4.78 is 42.5. The monoisotopic (exact) mass is 606 g/mol. The highest BCUT2D eigenvalue weighted by Crippen LogP contribution is 2.30. The van der Waals surface area contributed by atoms with Gasteiger partial charge in [0, 0.05) is 11.3 Å². The molecule has 5 rings (SSSR count).